The predicted molar refractivity (Wildman–Crippen MR) is 145 cm³/mol. The van der Waals surface area contributed by atoms with Gasteiger partial charge in [0.05, 0.1) is 13.2 Å². The molecule has 0 aromatic heterocycles. The third-order valence-electron chi connectivity index (χ3n) is 6.45. The molecular formula is C28H59O4P. The van der Waals surface area contributed by atoms with Crippen LogP contribution < -0.4 is 0 Å². The van der Waals surface area contributed by atoms with Crippen molar-refractivity contribution in [2.75, 3.05) is 38.8 Å². The highest BCUT2D eigenvalue weighted by Gasteiger charge is 2.17. The Labute approximate surface area is 207 Å². The van der Waals surface area contributed by atoms with Crippen molar-refractivity contribution >= 4 is 7.37 Å². The molecule has 200 valence electrons. The first kappa shape index (κ1) is 33.1. The van der Waals surface area contributed by atoms with Crippen molar-refractivity contribution in [2.45, 2.75) is 142 Å². The Hall–Kier alpha value is 0.110. The molecule has 0 rings (SSSR count). The molecule has 0 aliphatic heterocycles. The summed E-state index contributed by atoms with van der Waals surface area (Å²) in [6, 6.07) is 0. The minimum atomic E-state index is -3.11. The third kappa shape index (κ3) is 28.2. The van der Waals surface area contributed by atoms with Gasteiger partial charge in [-0.05, 0) is 12.8 Å². The molecule has 33 heavy (non-hydrogen) atoms. The minimum Gasteiger partial charge on any atom is -0.381 e. The van der Waals surface area contributed by atoms with Gasteiger partial charge in [0, 0.05) is 25.5 Å². The topological polar surface area (TPSA) is 55.8 Å². The SMILES string of the molecule is CCCCCCCCCCCCOCCP(=O)(O)CCOCCCCCCCCCCCC. The smallest absolute Gasteiger partial charge is 0.205 e. The van der Waals surface area contributed by atoms with E-state index in [-0.39, 0.29) is 12.3 Å². The summed E-state index contributed by atoms with van der Waals surface area (Å²) in [4.78, 5) is 10.1. The molecular weight excluding hydrogens is 431 g/mol. The number of hydrogen-bond donors (Lipinski definition) is 1. The molecule has 0 fully saturated rings. The van der Waals surface area contributed by atoms with Crippen LogP contribution in [0.3, 0.4) is 0 Å². The van der Waals surface area contributed by atoms with Crippen LogP contribution in [0, 0.1) is 0 Å². The van der Waals surface area contributed by atoms with E-state index in [0.29, 0.717) is 26.4 Å². The zero-order valence-electron chi connectivity index (χ0n) is 22.5. The molecule has 0 heterocycles. The van der Waals surface area contributed by atoms with Gasteiger partial charge in [-0.2, -0.15) is 0 Å². The van der Waals surface area contributed by atoms with Crippen LogP contribution in [0.15, 0.2) is 0 Å². The Balaban J connectivity index is 3.29. The van der Waals surface area contributed by atoms with E-state index in [4.69, 9.17) is 9.47 Å². The van der Waals surface area contributed by atoms with Gasteiger partial charge in [-0.3, -0.25) is 4.57 Å². The Morgan fingerprint density at radius 1 is 0.455 bits per heavy atom. The van der Waals surface area contributed by atoms with Gasteiger partial charge in [-0.15, -0.1) is 0 Å². The number of ether oxygens (including phenoxy) is 2. The van der Waals surface area contributed by atoms with Crippen LogP contribution in [0.1, 0.15) is 142 Å². The monoisotopic (exact) mass is 490 g/mol. The summed E-state index contributed by atoms with van der Waals surface area (Å²) in [5, 5.41) is 0. The second-order valence-electron chi connectivity index (χ2n) is 9.88. The van der Waals surface area contributed by atoms with Crippen LogP contribution in [0.2, 0.25) is 0 Å². The van der Waals surface area contributed by atoms with Crippen molar-refractivity contribution in [2.24, 2.45) is 0 Å². The lowest BCUT2D eigenvalue weighted by molar-refractivity contribution is 0.138. The van der Waals surface area contributed by atoms with E-state index in [0.717, 1.165) is 12.8 Å². The van der Waals surface area contributed by atoms with Gasteiger partial charge in [0.25, 0.3) is 0 Å². The highest BCUT2D eigenvalue weighted by molar-refractivity contribution is 7.58. The van der Waals surface area contributed by atoms with E-state index in [1.165, 1.54) is 116 Å². The maximum Gasteiger partial charge on any atom is 0.205 e. The fourth-order valence-corrected chi connectivity index (χ4v) is 5.17. The largest absolute Gasteiger partial charge is 0.381 e. The normalized spacial score (nSPS) is 12.0. The van der Waals surface area contributed by atoms with E-state index >= 15 is 0 Å². The Kier molecular flexibility index (Phi) is 26.8. The highest BCUT2D eigenvalue weighted by atomic mass is 31.2. The van der Waals surface area contributed by atoms with E-state index in [9.17, 15) is 9.46 Å². The van der Waals surface area contributed by atoms with Crippen LogP contribution in [-0.4, -0.2) is 43.6 Å². The van der Waals surface area contributed by atoms with Crippen molar-refractivity contribution in [1.82, 2.24) is 0 Å². The highest BCUT2D eigenvalue weighted by Crippen LogP contribution is 2.39. The fourth-order valence-electron chi connectivity index (χ4n) is 4.11. The second-order valence-corrected chi connectivity index (χ2v) is 12.5. The van der Waals surface area contributed by atoms with Gasteiger partial charge in [-0.1, -0.05) is 129 Å². The van der Waals surface area contributed by atoms with Crippen LogP contribution in [0.4, 0.5) is 0 Å². The summed E-state index contributed by atoms with van der Waals surface area (Å²) >= 11 is 0. The molecule has 0 saturated carbocycles. The van der Waals surface area contributed by atoms with Crippen molar-refractivity contribution in [3.05, 3.63) is 0 Å². The maximum absolute atomic E-state index is 12.2. The number of unbranched alkanes of at least 4 members (excludes halogenated alkanes) is 18. The first-order valence-electron chi connectivity index (χ1n) is 14.6. The average molecular weight is 491 g/mol. The molecule has 0 atom stereocenters. The molecule has 0 aromatic carbocycles. The lowest BCUT2D eigenvalue weighted by Crippen LogP contribution is -2.08. The third-order valence-corrected chi connectivity index (χ3v) is 8.22. The van der Waals surface area contributed by atoms with Gasteiger partial charge in [0.1, 0.15) is 0 Å². The maximum atomic E-state index is 12.2. The molecule has 0 spiro atoms. The Morgan fingerprint density at radius 3 is 1.03 bits per heavy atom. The second kappa shape index (κ2) is 26.7. The summed E-state index contributed by atoms with van der Waals surface area (Å²) in [6.45, 7) is 6.73. The minimum absolute atomic E-state index is 0.256. The average Bonchev–Trinajstić information content (AvgIpc) is 2.80. The Bertz CT molecular complexity index is 383. The van der Waals surface area contributed by atoms with E-state index in [1.807, 2.05) is 0 Å². The van der Waals surface area contributed by atoms with Crippen LogP contribution in [0.5, 0.6) is 0 Å². The molecule has 0 radical (unpaired) electrons. The van der Waals surface area contributed by atoms with Crippen LogP contribution in [0.25, 0.3) is 0 Å². The summed E-state index contributed by atoms with van der Waals surface area (Å²) in [6.07, 6.45) is 26.7. The van der Waals surface area contributed by atoms with E-state index in [2.05, 4.69) is 13.8 Å². The van der Waals surface area contributed by atoms with Crippen LogP contribution >= 0.6 is 7.37 Å². The quantitative estimate of drug-likeness (QED) is 0.0877. The van der Waals surface area contributed by atoms with Gasteiger partial charge in [0.2, 0.25) is 7.37 Å². The van der Waals surface area contributed by atoms with Gasteiger partial charge in [-0.25, -0.2) is 0 Å². The summed E-state index contributed by atoms with van der Waals surface area (Å²) in [5.41, 5.74) is 0. The molecule has 0 aliphatic carbocycles. The zero-order chi connectivity index (χ0) is 24.3. The molecule has 0 amide bonds. The first-order chi connectivity index (χ1) is 16.1. The lowest BCUT2D eigenvalue weighted by Gasteiger charge is -2.12. The molecule has 0 aliphatic rings. The molecule has 4 nitrogen and oxygen atoms in total. The van der Waals surface area contributed by atoms with E-state index < -0.39 is 7.37 Å². The standard InChI is InChI=1S/C28H59O4P/c1-3-5-7-9-11-13-15-17-19-21-23-31-25-27-33(29,30)28-26-32-24-22-20-18-16-14-12-10-8-6-4-2/h3-28H2,1-2H3,(H,29,30). The summed E-state index contributed by atoms with van der Waals surface area (Å²) in [5.74, 6) is 0. The molecule has 0 unspecified atom stereocenters. The molecule has 1 N–H and O–H groups in total. The number of hydrogen-bond acceptors (Lipinski definition) is 3. The van der Waals surface area contributed by atoms with Crippen molar-refractivity contribution in [1.29, 1.82) is 0 Å². The first-order valence-corrected chi connectivity index (χ1v) is 16.6. The lowest BCUT2D eigenvalue weighted by atomic mass is 10.1. The number of rotatable bonds is 28. The van der Waals surface area contributed by atoms with Gasteiger partial charge < -0.3 is 14.4 Å². The zero-order valence-corrected chi connectivity index (χ0v) is 23.4. The molecule has 0 saturated heterocycles. The molecule has 0 aromatic rings. The summed E-state index contributed by atoms with van der Waals surface area (Å²) in [7, 11) is -3.11. The van der Waals surface area contributed by atoms with Crippen molar-refractivity contribution in [3.8, 4) is 0 Å². The summed E-state index contributed by atoms with van der Waals surface area (Å²) < 4.78 is 23.4. The molecule has 0 bridgehead atoms. The van der Waals surface area contributed by atoms with Crippen LogP contribution in [-0.2, 0) is 14.0 Å². The van der Waals surface area contributed by atoms with Crippen molar-refractivity contribution < 1.29 is 18.9 Å². The van der Waals surface area contributed by atoms with Gasteiger partial charge in [0.15, 0.2) is 0 Å². The van der Waals surface area contributed by atoms with E-state index in [1.54, 1.807) is 0 Å². The fraction of sp³-hybridized carbons (Fsp3) is 1.00. The van der Waals surface area contributed by atoms with Crippen molar-refractivity contribution in [3.63, 3.8) is 0 Å². The molecule has 5 heteroatoms. The Morgan fingerprint density at radius 2 is 0.727 bits per heavy atom. The van der Waals surface area contributed by atoms with Gasteiger partial charge >= 0.3 is 0 Å². The predicted octanol–water partition coefficient (Wildman–Crippen LogP) is 9.13.